The number of amides is 1. The summed E-state index contributed by atoms with van der Waals surface area (Å²) in [6, 6.07) is 0. The highest BCUT2D eigenvalue weighted by Crippen LogP contribution is 2.31. The van der Waals surface area contributed by atoms with Crippen LogP contribution in [0, 0.1) is 0 Å². The molecular formula is C7H14N2O. The van der Waals surface area contributed by atoms with Gasteiger partial charge in [-0.2, -0.15) is 0 Å². The van der Waals surface area contributed by atoms with Crippen molar-refractivity contribution in [1.82, 2.24) is 5.32 Å². The van der Waals surface area contributed by atoms with Crippen LogP contribution in [0.4, 0.5) is 0 Å². The van der Waals surface area contributed by atoms with E-state index in [2.05, 4.69) is 5.32 Å². The molecule has 0 spiro atoms. The molecule has 0 atom stereocenters. The van der Waals surface area contributed by atoms with Crippen LogP contribution >= 0.6 is 0 Å². The van der Waals surface area contributed by atoms with Crippen molar-refractivity contribution in [3.8, 4) is 0 Å². The highest BCUT2D eigenvalue weighted by molar-refractivity contribution is 5.88. The Bertz CT molecular complexity index is 141. The minimum Gasteiger partial charge on any atom is -0.355 e. The minimum atomic E-state index is -0.491. The fourth-order valence-electron chi connectivity index (χ4n) is 0.776. The second-order valence-electron chi connectivity index (χ2n) is 2.91. The topological polar surface area (TPSA) is 55.1 Å². The normalized spacial score (nSPS) is 20.2. The molecule has 0 bridgehead atoms. The number of hydrogen-bond donors (Lipinski definition) is 2. The summed E-state index contributed by atoms with van der Waals surface area (Å²) in [5.74, 6) is 0.0225. The van der Waals surface area contributed by atoms with Gasteiger partial charge in [-0.3, -0.25) is 4.79 Å². The van der Waals surface area contributed by atoms with Crippen LogP contribution in [0.3, 0.4) is 0 Å². The molecule has 0 radical (unpaired) electrons. The van der Waals surface area contributed by atoms with Crippen LogP contribution in [-0.2, 0) is 4.79 Å². The maximum Gasteiger partial charge on any atom is 0.240 e. The van der Waals surface area contributed by atoms with Crippen LogP contribution in [-0.4, -0.2) is 18.0 Å². The van der Waals surface area contributed by atoms with E-state index < -0.39 is 5.54 Å². The summed E-state index contributed by atoms with van der Waals surface area (Å²) in [6.45, 7) is 2.77. The fraction of sp³-hybridized carbons (Fsp3) is 0.857. The first-order valence-corrected chi connectivity index (χ1v) is 3.76. The van der Waals surface area contributed by atoms with Crippen LogP contribution in [0.2, 0.25) is 0 Å². The smallest absolute Gasteiger partial charge is 0.240 e. The minimum absolute atomic E-state index is 0.0225. The van der Waals surface area contributed by atoms with Gasteiger partial charge in [0.15, 0.2) is 0 Å². The first-order chi connectivity index (χ1) is 4.69. The largest absolute Gasteiger partial charge is 0.355 e. The molecular weight excluding hydrogens is 128 g/mol. The van der Waals surface area contributed by atoms with Gasteiger partial charge >= 0.3 is 0 Å². The van der Waals surface area contributed by atoms with Crippen molar-refractivity contribution < 1.29 is 4.79 Å². The molecule has 10 heavy (non-hydrogen) atoms. The summed E-state index contributed by atoms with van der Waals surface area (Å²) in [6.07, 6.45) is 2.67. The molecule has 1 fully saturated rings. The summed E-state index contributed by atoms with van der Waals surface area (Å²) < 4.78 is 0. The highest BCUT2D eigenvalue weighted by Gasteiger charge is 2.45. The van der Waals surface area contributed by atoms with Crippen LogP contribution in [0.15, 0.2) is 0 Å². The molecule has 1 amide bonds. The van der Waals surface area contributed by atoms with Crippen molar-refractivity contribution in [2.45, 2.75) is 31.7 Å². The fourth-order valence-corrected chi connectivity index (χ4v) is 0.776. The van der Waals surface area contributed by atoms with Gasteiger partial charge in [0.1, 0.15) is 0 Å². The third kappa shape index (κ3) is 1.48. The second-order valence-corrected chi connectivity index (χ2v) is 2.91. The Morgan fingerprint density at radius 2 is 2.30 bits per heavy atom. The van der Waals surface area contributed by atoms with Crippen LogP contribution < -0.4 is 11.1 Å². The SMILES string of the molecule is CCCNC(=O)C1(N)CC1. The van der Waals surface area contributed by atoms with Crippen molar-refractivity contribution in [3.05, 3.63) is 0 Å². The zero-order valence-electron chi connectivity index (χ0n) is 6.31. The third-order valence-electron chi connectivity index (χ3n) is 1.78. The van der Waals surface area contributed by atoms with E-state index in [1.165, 1.54) is 0 Å². The van der Waals surface area contributed by atoms with Gasteiger partial charge in [0.25, 0.3) is 0 Å². The molecule has 58 valence electrons. The monoisotopic (exact) mass is 142 g/mol. The lowest BCUT2D eigenvalue weighted by Crippen LogP contribution is -2.42. The first kappa shape index (κ1) is 7.54. The maximum absolute atomic E-state index is 11.0. The molecule has 3 heteroatoms. The molecule has 0 saturated heterocycles. The van der Waals surface area contributed by atoms with Gasteiger partial charge in [-0.05, 0) is 19.3 Å². The Balaban J connectivity index is 2.22. The number of carbonyl (C=O) groups is 1. The summed E-state index contributed by atoms with van der Waals surface area (Å²) in [4.78, 5) is 11.0. The van der Waals surface area contributed by atoms with Gasteiger partial charge in [-0.15, -0.1) is 0 Å². The Morgan fingerprint density at radius 3 is 2.70 bits per heavy atom. The molecule has 1 rings (SSSR count). The lowest BCUT2D eigenvalue weighted by Gasteiger charge is -2.07. The van der Waals surface area contributed by atoms with Crippen molar-refractivity contribution in [2.24, 2.45) is 5.73 Å². The van der Waals surface area contributed by atoms with E-state index in [0.717, 1.165) is 25.8 Å². The quantitative estimate of drug-likeness (QED) is 0.583. The van der Waals surface area contributed by atoms with Gasteiger partial charge in [0, 0.05) is 6.54 Å². The number of hydrogen-bond acceptors (Lipinski definition) is 2. The van der Waals surface area contributed by atoms with Crippen LogP contribution in [0.25, 0.3) is 0 Å². The molecule has 1 saturated carbocycles. The zero-order chi connectivity index (χ0) is 7.61. The molecule has 0 unspecified atom stereocenters. The van der Waals surface area contributed by atoms with Gasteiger partial charge in [0.2, 0.25) is 5.91 Å². The first-order valence-electron chi connectivity index (χ1n) is 3.76. The summed E-state index contributed by atoms with van der Waals surface area (Å²) >= 11 is 0. The Labute approximate surface area is 61.0 Å². The number of carbonyl (C=O) groups excluding carboxylic acids is 1. The third-order valence-corrected chi connectivity index (χ3v) is 1.78. The molecule has 3 nitrogen and oxygen atoms in total. The van der Waals surface area contributed by atoms with E-state index in [1.54, 1.807) is 0 Å². The molecule has 0 aromatic carbocycles. The van der Waals surface area contributed by atoms with Crippen molar-refractivity contribution in [3.63, 3.8) is 0 Å². The standard InChI is InChI=1S/C7H14N2O/c1-2-5-9-6(10)7(8)3-4-7/h2-5,8H2,1H3,(H,9,10). The van der Waals surface area contributed by atoms with E-state index in [1.807, 2.05) is 6.92 Å². The number of rotatable bonds is 3. The number of nitrogens with one attached hydrogen (secondary N) is 1. The van der Waals surface area contributed by atoms with Crippen molar-refractivity contribution in [2.75, 3.05) is 6.54 Å². The van der Waals surface area contributed by atoms with E-state index in [4.69, 9.17) is 5.73 Å². The summed E-state index contributed by atoms with van der Waals surface area (Å²) in [5.41, 5.74) is 5.13. The van der Waals surface area contributed by atoms with E-state index in [0.29, 0.717) is 0 Å². The molecule has 0 heterocycles. The highest BCUT2D eigenvalue weighted by atomic mass is 16.2. The Hall–Kier alpha value is -0.570. The van der Waals surface area contributed by atoms with Gasteiger partial charge < -0.3 is 11.1 Å². The Morgan fingerprint density at radius 1 is 1.70 bits per heavy atom. The van der Waals surface area contributed by atoms with Crippen molar-refractivity contribution >= 4 is 5.91 Å². The molecule has 3 N–H and O–H groups in total. The maximum atomic E-state index is 11.0. The molecule has 1 aliphatic carbocycles. The van der Waals surface area contributed by atoms with Crippen LogP contribution in [0.1, 0.15) is 26.2 Å². The lowest BCUT2D eigenvalue weighted by atomic mass is 10.3. The summed E-state index contributed by atoms with van der Waals surface area (Å²) in [7, 11) is 0. The average molecular weight is 142 g/mol. The molecule has 1 aliphatic rings. The predicted octanol–water partition coefficient (Wildman–Crippen LogP) is 0.00390. The molecule has 0 aliphatic heterocycles. The van der Waals surface area contributed by atoms with E-state index in [9.17, 15) is 4.79 Å². The predicted molar refractivity (Wildman–Crippen MR) is 39.5 cm³/mol. The molecule has 0 aromatic rings. The van der Waals surface area contributed by atoms with E-state index in [-0.39, 0.29) is 5.91 Å². The van der Waals surface area contributed by atoms with Gasteiger partial charge in [-0.25, -0.2) is 0 Å². The van der Waals surface area contributed by atoms with Gasteiger partial charge in [-0.1, -0.05) is 6.92 Å². The average Bonchev–Trinajstić information content (AvgIpc) is 2.64. The lowest BCUT2D eigenvalue weighted by molar-refractivity contribution is -0.123. The zero-order valence-corrected chi connectivity index (χ0v) is 6.31. The summed E-state index contributed by atoms with van der Waals surface area (Å²) in [5, 5.41) is 2.77. The van der Waals surface area contributed by atoms with Crippen LogP contribution in [0.5, 0.6) is 0 Å². The van der Waals surface area contributed by atoms with Crippen molar-refractivity contribution in [1.29, 1.82) is 0 Å². The second kappa shape index (κ2) is 2.58. The Kier molecular flexibility index (Phi) is 1.94. The van der Waals surface area contributed by atoms with Gasteiger partial charge in [0.05, 0.1) is 5.54 Å². The molecule has 0 aromatic heterocycles. The number of nitrogens with two attached hydrogens (primary N) is 1. The van der Waals surface area contributed by atoms with E-state index >= 15 is 0 Å².